The van der Waals surface area contributed by atoms with Gasteiger partial charge in [0.25, 0.3) is 8.32 Å². The van der Waals surface area contributed by atoms with Crippen LogP contribution < -0.4 is 10.4 Å². The maximum atomic E-state index is 11.2. The van der Waals surface area contributed by atoms with Crippen LogP contribution in [-0.4, -0.2) is 26.8 Å². The van der Waals surface area contributed by atoms with E-state index >= 15 is 0 Å². The Morgan fingerprint density at radius 1 is 0.947 bits per heavy atom. The van der Waals surface area contributed by atoms with Gasteiger partial charge in [-0.15, -0.1) is 0 Å². The van der Waals surface area contributed by atoms with Crippen molar-refractivity contribution >= 4 is 18.7 Å². The molecule has 2 nitrogen and oxygen atoms in total. The maximum Gasteiger partial charge on any atom is 0.278 e. The highest BCUT2D eigenvalue weighted by molar-refractivity contribution is 7.00. The molecule has 2 aromatic rings. The van der Waals surface area contributed by atoms with Crippen molar-refractivity contribution in [2.75, 3.05) is 13.7 Å². The summed E-state index contributed by atoms with van der Waals surface area (Å²) in [7, 11) is -1.15. The van der Waals surface area contributed by atoms with Crippen LogP contribution in [0.1, 0.15) is 0 Å². The Morgan fingerprint density at radius 3 is 1.84 bits per heavy atom. The van der Waals surface area contributed by atoms with Gasteiger partial charge in [-0.05, 0) is 10.4 Å². The highest BCUT2D eigenvalue weighted by Crippen LogP contribution is 2.04. The van der Waals surface area contributed by atoms with Crippen LogP contribution >= 0.6 is 0 Å². The first-order chi connectivity index (χ1) is 9.27. The van der Waals surface area contributed by atoms with E-state index in [-0.39, 0.29) is 0 Å². The molecule has 0 aliphatic carbocycles. The van der Waals surface area contributed by atoms with Gasteiger partial charge in [-0.25, -0.2) is 0 Å². The van der Waals surface area contributed by atoms with Gasteiger partial charge in [0.1, 0.15) is 0 Å². The molecule has 0 bridgehead atoms. The van der Waals surface area contributed by atoms with Crippen LogP contribution in [0.3, 0.4) is 0 Å². The third-order valence-electron chi connectivity index (χ3n) is 3.05. The quantitative estimate of drug-likeness (QED) is 0.834. The summed E-state index contributed by atoms with van der Waals surface area (Å²) in [5, 5.41) is 1.96. The fraction of sp³-hybridized carbons (Fsp3) is 0.125. The largest absolute Gasteiger partial charge is 0.421 e. The Morgan fingerprint density at radius 2 is 1.42 bits per heavy atom. The average Bonchev–Trinajstić information content (AvgIpc) is 2.49. The van der Waals surface area contributed by atoms with Gasteiger partial charge in [-0.2, -0.15) is 0 Å². The van der Waals surface area contributed by atoms with Crippen LogP contribution in [0.25, 0.3) is 0 Å². The van der Waals surface area contributed by atoms with E-state index in [1.54, 1.807) is 7.11 Å². The Labute approximate surface area is 115 Å². The zero-order chi connectivity index (χ0) is 13.6. The molecule has 0 amide bonds. The van der Waals surface area contributed by atoms with E-state index in [4.69, 9.17) is 4.74 Å². The number of ether oxygens (including phenoxy) is 1. The third-order valence-corrected chi connectivity index (χ3v) is 6.19. The van der Waals surface area contributed by atoms with Crippen molar-refractivity contribution in [3.8, 4) is 0 Å². The summed E-state index contributed by atoms with van der Waals surface area (Å²) >= 11 is 0. The summed E-state index contributed by atoms with van der Waals surface area (Å²) in [6.45, 7) is 0.509. The van der Waals surface area contributed by atoms with Crippen LogP contribution in [0.5, 0.6) is 0 Å². The minimum atomic E-state index is -2.80. The first kappa shape index (κ1) is 13.7. The van der Waals surface area contributed by atoms with Crippen LogP contribution in [0.4, 0.5) is 0 Å². The SMILES string of the molecule is COC/C=C/[Si](O)(c1ccccc1)c1ccccc1. The number of rotatable bonds is 5. The minimum Gasteiger partial charge on any atom is -0.421 e. The van der Waals surface area contributed by atoms with Gasteiger partial charge in [-0.3, -0.25) is 0 Å². The lowest BCUT2D eigenvalue weighted by molar-refractivity contribution is 0.234. The Kier molecular flexibility index (Phi) is 4.68. The van der Waals surface area contributed by atoms with Gasteiger partial charge >= 0.3 is 0 Å². The van der Waals surface area contributed by atoms with Crippen LogP contribution in [0, 0.1) is 0 Å². The highest BCUT2D eigenvalue weighted by atomic mass is 28.4. The summed E-state index contributed by atoms with van der Waals surface area (Å²) in [5.41, 5.74) is 1.92. The van der Waals surface area contributed by atoms with E-state index < -0.39 is 8.32 Å². The lowest BCUT2D eigenvalue weighted by Crippen LogP contribution is -2.57. The molecule has 2 aromatic carbocycles. The molecule has 0 atom stereocenters. The molecule has 19 heavy (non-hydrogen) atoms. The fourth-order valence-electron chi connectivity index (χ4n) is 2.06. The van der Waals surface area contributed by atoms with Crippen molar-refractivity contribution in [2.45, 2.75) is 0 Å². The van der Waals surface area contributed by atoms with Gasteiger partial charge in [0.05, 0.1) is 6.61 Å². The van der Waals surface area contributed by atoms with Gasteiger partial charge < -0.3 is 9.53 Å². The number of methoxy groups -OCH3 is 1. The number of hydrogen-bond acceptors (Lipinski definition) is 2. The second-order valence-corrected chi connectivity index (χ2v) is 7.38. The molecule has 98 valence electrons. The van der Waals surface area contributed by atoms with Crippen molar-refractivity contribution in [1.29, 1.82) is 0 Å². The maximum absolute atomic E-state index is 11.2. The summed E-state index contributed by atoms with van der Waals surface area (Å²) in [6, 6.07) is 19.7. The molecule has 2 rings (SSSR count). The first-order valence-corrected chi connectivity index (χ1v) is 8.30. The standard InChI is InChI=1S/C16H18O2Si/c1-18-13-8-14-19(17,15-9-4-2-5-10-15)16-11-6-3-7-12-16/h2-12,14,17H,13H2,1H3/b14-8+. The van der Waals surface area contributed by atoms with Gasteiger partial charge in [-0.1, -0.05) is 72.4 Å². The second-order valence-electron chi connectivity index (χ2n) is 4.36. The Balaban J connectivity index is 2.45. The average molecular weight is 270 g/mol. The lowest BCUT2D eigenvalue weighted by Gasteiger charge is -2.22. The van der Waals surface area contributed by atoms with E-state index in [2.05, 4.69) is 0 Å². The fourth-order valence-corrected chi connectivity index (χ4v) is 4.62. The predicted molar refractivity (Wildman–Crippen MR) is 81.1 cm³/mol. The van der Waals surface area contributed by atoms with Crippen molar-refractivity contribution in [2.24, 2.45) is 0 Å². The number of hydrogen-bond donors (Lipinski definition) is 1. The van der Waals surface area contributed by atoms with Crippen molar-refractivity contribution in [3.05, 3.63) is 72.4 Å². The zero-order valence-corrected chi connectivity index (χ0v) is 12.0. The molecule has 0 unspecified atom stereocenters. The van der Waals surface area contributed by atoms with Gasteiger partial charge in [0, 0.05) is 7.11 Å². The van der Waals surface area contributed by atoms with E-state index in [1.807, 2.05) is 72.4 Å². The molecular formula is C16H18O2Si. The molecule has 0 heterocycles. The highest BCUT2D eigenvalue weighted by Gasteiger charge is 2.32. The van der Waals surface area contributed by atoms with Crippen molar-refractivity contribution in [3.63, 3.8) is 0 Å². The molecule has 0 saturated carbocycles. The second kappa shape index (κ2) is 6.47. The molecule has 0 aliphatic heterocycles. The topological polar surface area (TPSA) is 29.5 Å². The lowest BCUT2D eigenvalue weighted by atomic mass is 10.4. The summed E-state index contributed by atoms with van der Waals surface area (Å²) < 4.78 is 5.03. The van der Waals surface area contributed by atoms with Crippen LogP contribution in [0.15, 0.2) is 72.4 Å². The molecule has 0 saturated heterocycles. The Hall–Kier alpha value is -1.68. The molecule has 3 heteroatoms. The monoisotopic (exact) mass is 270 g/mol. The predicted octanol–water partition coefficient (Wildman–Crippen LogP) is 1.48. The van der Waals surface area contributed by atoms with Crippen LogP contribution in [0.2, 0.25) is 0 Å². The molecule has 0 aromatic heterocycles. The van der Waals surface area contributed by atoms with E-state index in [9.17, 15) is 4.80 Å². The summed E-state index contributed by atoms with van der Waals surface area (Å²) in [5.74, 6) is 0. The molecule has 1 N–H and O–H groups in total. The normalized spacial score (nSPS) is 11.9. The third kappa shape index (κ3) is 3.20. The molecule has 0 aliphatic rings. The summed E-state index contributed by atoms with van der Waals surface area (Å²) in [4.78, 5) is 11.2. The minimum absolute atomic E-state index is 0.509. The molecule has 0 fully saturated rings. The molecular weight excluding hydrogens is 252 g/mol. The van der Waals surface area contributed by atoms with Gasteiger partial charge in [0.15, 0.2) is 0 Å². The summed E-state index contributed by atoms with van der Waals surface area (Å²) in [6.07, 6.45) is 1.90. The van der Waals surface area contributed by atoms with E-state index in [0.29, 0.717) is 6.61 Å². The molecule has 0 radical (unpaired) electrons. The van der Waals surface area contributed by atoms with E-state index in [1.165, 1.54) is 0 Å². The first-order valence-electron chi connectivity index (χ1n) is 6.27. The number of benzene rings is 2. The van der Waals surface area contributed by atoms with Crippen LogP contribution in [-0.2, 0) is 4.74 Å². The van der Waals surface area contributed by atoms with Gasteiger partial charge in [0.2, 0.25) is 0 Å². The van der Waals surface area contributed by atoms with Crippen molar-refractivity contribution < 1.29 is 9.53 Å². The Bertz CT molecular complexity index is 483. The smallest absolute Gasteiger partial charge is 0.278 e. The van der Waals surface area contributed by atoms with E-state index in [0.717, 1.165) is 10.4 Å². The zero-order valence-electron chi connectivity index (χ0n) is 11.0. The van der Waals surface area contributed by atoms with Crippen molar-refractivity contribution in [1.82, 2.24) is 0 Å². The molecule has 0 spiro atoms.